The maximum atomic E-state index is 15.2. The molecule has 8 aromatic rings. The molecule has 8 atom stereocenters. The minimum absolute atomic E-state index is 0.153. The lowest BCUT2D eigenvalue weighted by atomic mass is 9.60. The Labute approximate surface area is 527 Å². The Balaban J connectivity index is 0.000000165. The Morgan fingerprint density at radius 3 is 1.09 bits per heavy atom. The molecule has 0 radical (unpaired) electrons. The molecule has 4 spiro atoms. The van der Waals surface area contributed by atoms with Gasteiger partial charge in [-0.05, 0) is 80.9 Å². The molecule has 0 bridgehead atoms. The number of hydrogen-bond acceptors (Lipinski definition) is 12. The van der Waals surface area contributed by atoms with Crippen molar-refractivity contribution in [3.63, 3.8) is 0 Å². The molecule has 16 nitrogen and oxygen atoms in total. The molecule has 18 heteroatoms. The monoisotopic (exact) mass is 1240 g/mol. The number of hydrogen-bond donors (Lipinski definition) is 2. The number of imide groups is 2. The summed E-state index contributed by atoms with van der Waals surface area (Å²) in [6.45, 7) is 2.86. The van der Waals surface area contributed by atoms with Gasteiger partial charge in [-0.15, -0.1) is 0 Å². The van der Waals surface area contributed by atoms with E-state index in [1.165, 1.54) is 40.2 Å². The van der Waals surface area contributed by atoms with Gasteiger partial charge in [0, 0.05) is 48.1 Å². The van der Waals surface area contributed by atoms with Crippen LogP contribution in [0.15, 0.2) is 206 Å². The molecule has 4 aliphatic heterocycles. The second-order valence-electron chi connectivity index (χ2n) is 23.7. The van der Waals surface area contributed by atoms with Crippen molar-refractivity contribution in [1.29, 1.82) is 0 Å². The van der Waals surface area contributed by atoms with Gasteiger partial charge in [0.15, 0.2) is 0 Å². The number of halogens is 2. The van der Waals surface area contributed by atoms with E-state index in [1.54, 1.807) is 143 Å². The van der Waals surface area contributed by atoms with E-state index >= 15 is 19.2 Å². The first-order valence-corrected chi connectivity index (χ1v) is 29.9. The predicted octanol–water partition coefficient (Wildman–Crippen LogP) is 10.1. The summed E-state index contributed by atoms with van der Waals surface area (Å²) in [5.74, 6) is -8.61. The number of amides is 6. The van der Waals surface area contributed by atoms with Gasteiger partial charge in [-0.1, -0.05) is 193 Å². The number of rotatable bonds is 8. The number of methoxy groups -OCH3 is 2. The topological polar surface area (TPSA) is 208 Å². The van der Waals surface area contributed by atoms with Gasteiger partial charge in [0.05, 0.1) is 61.3 Å². The number of para-hydroxylation sites is 2. The molecular weight excluding hydrogens is 1180 g/mol. The Morgan fingerprint density at radius 2 is 0.756 bits per heavy atom. The second kappa shape index (κ2) is 21.6. The third kappa shape index (κ3) is 7.87. The van der Waals surface area contributed by atoms with E-state index in [2.05, 4.69) is 0 Å². The molecule has 6 amide bonds. The number of nitrogens with zero attached hydrogens (tertiary/aromatic N) is 4. The van der Waals surface area contributed by atoms with Crippen LogP contribution in [0.1, 0.15) is 71.2 Å². The Hall–Kier alpha value is -9.58. The van der Waals surface area contributed by atoms with Crippen LogP contribution < -0.4 is 19.6 Å². The summed E-state index contributed by atoms with van der Waals surface area (Å²) in [6.07, 6.45) is -0.658. The highest BCUT2D eigenvalue weighted by Gasteiger charge is 2.85. The highest BCUT2D eigenvalue weighted by molar-refractivity contribution is 6.33. The number of benzene rings is 8. The molecule has 2 N–H and O–H groups in total. The number of fused-ring (bicyclic) bond motifs is 8. The van der Waals surface area contributed by atoms with Crippen LogP contribution in [0.3, 0.4) is 0 Å². The van der Waals surface area contributed by atoms with Gasteiger partial charge < -0.3 is 29.5 Å². The zero-order valence-corrected chi connectivity index (χ0v) is 50.6. The summed E-state index contributed by atoms with van der Waals surface area (Å²) < 4.78 is 10.9. The number of carbonyl (C=O) groups is 8. The largest absolute Gasteiger partial charge is 0.469 e. The predicted molar refractivity (Wildman–Crippen MR) is 335 cm³/mol. The maximum absolute atomic E-state index is 15.2. The third-order valence-electron chi connectivity index (χ3n) is 19.5. The molecule has 2 aliphatic carbocycles. The average molecular weight is 1240 g/mol. The van der Waals surface area contributed by atoms with Crippen molar-refractivity contribution in [1.82, 2.24) is 0 Å². The number of aliphatic hydroxyl groups is 2. The van der Waals surface area contributed by atoms with E-state index in [0.717, 1.165) is 20.9 Å². The normalized spacial score (nSPS) is 26.4. The van der Waals surface area contributed by atoms with Gasteiger partial charge in [-0.3, -0.25) is 38.4 Å². The standard InChI is InChI=1S/2C36H29ClN2O6/c2*1-22(40)39-29-19-25(37)17-18-27(29)36(33(39)43)30(31(41)45-2)34(21-35(36,44)24-13-7-4-8-14-24)26-15-9-10-16-28(26)38(32(34)42)20-23-11-5-3-6-12-23/h2*3-19,30,44H,20-21H2,1-2H3/t2*30-,34-,35+,36+/m11/s1. The zero-order valence-electron chi connectivity index (χ0n) is 49.1. The summed E-state index contributed by atoms with van der Waals surface area (Å²) in [5, 5.41) is 27.1. The van der Waals surface area contributed by atoms with Gasteiger partial charge in [-0.25, -0.2) is 9.80 Å². The Morgan fingerprint density at radius 1 is 0.433 bits per heavy atom. The fourth-order valence-corrected chi connectivity index (χ4v) is 16.6. The fourth-order valence-electron chi connectivity index (χ4n) is 16.3. The van der Waals surface area contributed by atoms with Crippen LogP contribution in [0.5, 0.6) is 0 Å². The third-order valence-corrected chi connectivity index (χ3v) is 20.0. The smallest absolute Gasteiger partial charge is 0.311 e. The van der Waals surface area contributed by atoms with Crippen LogP contribution in [0.25, 0.3) is 0 Å². The van der Waals surface area contributed by atoms with E-state index in [4.69, 9.17) is 32.7 Å². The average Bonchev–Trinajstić information content (AvgIpc) is 1.48. The molecule has 90 heavy (non-hydrogen) atoms. The lowest BCUT2D eigenvalue weighted by molar-refractivity contribution is -0.158. The van der Waals surface area contributed by atoms with Crippen molar-refractivity contribution in [2.24, 2.45) is 11.8 Å². The van der Waals surface area contributed by atoms with Crippen LogP contribution in [-0.2, 0) is 93.8 Å². The van der Waals surface area contributed by atoms with Gasteiger partial charge in [0.25, 0.3) is 0 Å². The van der Waals surface area contributed by atoms with Crippen LogP contribution >= 0.6 is 23.2 Å². The van der Waals surface area contributed by atoms with Gasteiger partial charge >= 0.3 is 11.9 Å². The highest BCUT2D eigenvalue weighted by atomic mass is 35.5. The lowest BCUT2D eigenvalue weighted by Crippen LogP contribution is -2.59. The zero-order chi connectivity index (χ0) is 63.5. The molecule has 2 saturated carbocycles. The van der Waals surface area contributed by atoms with Crippen LogP contribution in [0.2, 0.25) is 10.0 Å². The first kappa shape index (κ1) is 59.4. The van der Waals surface area contributed by atoms with Gasteiger partial charge in [0.2, 0.25) is 35.4 Å². The molecule has 6 aliphatic rings. The quantitative estimate of drug-likeness (QED) is 0.136. The first-order chi connectivity index (χ1) is 43.2. The lowest BCUT2D eigenvalue weighted by Gasteiger charge is -2.41. The minimum Gasteiger partial charge on any atom is -0.469 e. The second-order valence-corrected chi connectivity index (χ2v) is 24.6. The fraction of sp³-hybridized carbons (Fsp3) is 0.222. The van der Waals surface area contributed by atoms with E-state index in [0.29, 0.717) is 33.6 Å². The van der Waals surface area contributed by atoms with Crippen molar-refractivity contribution in [2.75, 3.05) is 33.8 Å². The number of esters is 2. The summed E-state index contributed by atoms with van der Waals surface area (Å²) >= 11 is 12.8. The SMILES string of the molecule is COC(=O)[C@H]1[C@@]2(C(=O)N(C(C)=O)c3cc(Cl)ccc32)[C@@](O)(c2ccccc2)C[C@]12C(=O)N(Cc1ccccc1)c1ccccc12.COC(=O)[C@H]1[C@@]2(C(=O)N(C(C)=O)c3cc(Cl)ccc32)[C@@](O)(c2ccccc2)C[C@]12C(=O)N(Cc1ccccc1)c1ccccc12. The molecule has 2 fully saturated rings. The molecule has 452 valence electrons. The van der Waals surface area contributed by atoms with E-state index in [1.807, 2.05) is 60.7 Å². The van der Waals surface area contributed by atoms with Crippen LogP contribution in [0, 0.1) is 11.8 Å². The number of ether oxygens (including phenoxy) is 2. The van der Waals surface area contributed by atoms with Gasteiger partial charge in [0.1, 0.15) is 22.0 Å². The van der Waals surface area contributed by atoms with Gasteiger partial charge in [-0.2, -0.15) is 0 Å². The molecule has 8 aromatic carbocycles. The Kier molecular flexibility index (Phi) is 14.2. The van der Waals surface area contributed by atoms with E-state index in [-0.39, 0.29) is 58.5 Å². The molecular formula is C72H58Cl2N4O12. The summed E-state index contributed by atoms with van der Waals surface area (Å²) in [6, 6.07) is 59.5. The maximum Gasteiger partial charge on any atom is 0.311 e. The van der Waals surface area contributed by atoms with Crippen LogP contribution in [0.4, 0.5) is 22.7 Å². The number of anilines is 4. The van der Waals surface area contributed by atoms with Crippen molar-refractivity contribution in [3.8, 4) is 0 Å². The van der Waals surface area contributed by atoms with Crippen LogP contribution in [-0.4, -0.2) is 71.8 Å². The molecule has 0 saturated heterocycles. The van der Waals surface area contributed by atoms with Crippen molar-refractivity contribution < 1.29 is 58.0 Å². The summed E-state index contributed by atoms with van der Waals surface area (Å²) in [7, 11) is 2.39. The van der Waals surface area contributed by atoms with E-state index < -0.39 is 92.1 Å². The van der Waals surface area contributed by atoms with E-state index in [9.17, 15) is 29.4 Å². The van der Waals surface area contributed by atoms with Crippen molar-refractivity contribution in [2.45, 2.75) is 72.6 Å². The Bertz CT molecular complexity index is 4070. The molecule has 4 heterocycles. The highest BCUT2D eigenvalue weighted by Crippen LogP contribution is 2.74. The van der Waals surface area contributed by atoms with Crippen molar-refractivity contribution >= 4 is 93.3 Å². The minimum atomic E-state index is -2.15. The molecule has 14 rings (SSSR count). The number of carbonyl (C=O) groups excluding carboxylic acids is 8. The van der Waals surface area contributed by atoms with Crippen molar-refractivity contribution in [3.05, 3.63) is 261 Å². The first-order valence-electron chi connectivity index (χ1n) is 29.2. The molecule has 0 aromatic heterocycles. The summed E-state index contributed by atoms with van der Waals surface area (Å²) in [4.78, 5) is 121. The molecule has 0 unspecified atom stereocenters. The summed E-state index contributed by atoms with van der Waals surface area (Å²) in [5.41, 5.74) is -6.84.